The van der Waals surface area contributed by atoms with Crippen molar-refractivity contribution in [1.82, 2.24) is 5.32 Å². The van der Waals surface area contributed by atoms with Crippen LogP contribution in [0.2, 0.25) is 0 Å². The standard InChI is InChI=1S/C22H35NO4/c1-15-9-10-17(13-16(15)2)11-12-18(14-26-19(24)21(3,4)5)23-20(25)27-22(6,7)8/h9-10,13,18H,11-12,14H2,1-8H3,(H,23,25). The molecule has 1 atom stereocenters. The van der Waals surface area contributed by atoms with E-state index < -0.39 is 17.1 Å². The minimum absolute atomic E-state index is 0.125. The van der Waals surface area contributed by atoms with Gasteiger partial charge in [-0.1, -0.05) is 18.2 Å². The number of ether oxygens (including phenoxy) is 2. The minimum atomic E-state index is -0.579. The van der Waals surface area contributed by atoms with E-state index in [1.54, 1.807) is 20.8 Å². The molecule has 1 aromatic carbocycles. The van der Waals surface area contributed by atoms with Crippen LogP contribution in [0.25, 0.3) is 0 Å². The monoisotopic (exact) mass is 377 g/mol. The highest BCUT2D eigenvalue weighted by Crippen LogP contribution is 2.17. The predicted octanol–water partition coefficient (Wildman–Crippen LogP) is 4.72. The van der Waals surface area contributed by atoms with Crippen LogP contribution in [0.1, 0.15) is 64.7 Å². The molecule has 1 rings (SSSR count). The van der Waals surface area contributed by atoms with Crippen molar-refractivity contribution in [1.29, 1.82) is 0 Å². The van der Waals surface area contributed by atoms with Crippen molar-refractivity contribution < 1.29 is 19.1 Å². The SMILES string of the molecule is Cc1ccc(CCC(COC(=O)C(C)(C)C)NC(=O)OC(C)(C)C)cc1C. The second-order valence-corrected chi connectivity index (χ2v) is 9.15. The molecule has 0 saturated carbocycles. The number of aryl methyl sites for hydroxylation is 3. The van der Waals surface area contributed by atoms with Crippen LogP contribution in [0.4, 0.5) is 4.79 Å². The van der Waals surface area contributed by atoms with Crippen LogP contribution in [-0.4, -0.2) is 30.3 Å². The molecule has 5 nitrogen and oxygen atoms in total. The molecular weight excluding hydrogens is 342 g/mol. The molecule has 0 aliphatic heterocycles. The van der Waals surface area contributed by atoms with Gasteiger partial charge in [-0.05, 0) is 84.9 Å². The third-order valence-electron chi connectivity index (χ3n) is 4.10. The fourth-order valence-electron chi connectivity index (χ4n) is 2.36. The van der Waals surface area contributed by atoms with Crippen LogP contribution < -0.4 is 5.32 Å². The van der Waals surface area contributed by atoms with E-state index in [4.69, 9.17) is 9.47 Å². The second kappa shape index (κ2) is 9.25. The Morgan fingerprint density at radius 1 is 1.04 bits per heavy atom. The first-order valence-electron chi connectivity index (χ1n) is 9.51. The summed E-state index contributed by atoms with van der Waals surface area (Å²) in [6.45, 7) is 15.2. The van der Waals surface area contributed by atoms with E-state index in [2.05, 4.69) is 37.4 Å². The molecule has 0 fully saturated rings. The van der Waals surface area contributed by atoms with E-state index in [1.165, 1.54) is 16.7 Å². The van der Waals surface area contributed by atoms with Gasteiger partial charge < -0.3 is 14.8 Å². The van der Waals surface area contributed by atoms with E-state index in [0.29, 0.717) is 6.42 Å². The van der Waals surface area contributed by atoms with Crippen molar-refractivity contribution in [3.05, 3.63) is 34.9 Å². The fourth-order valence-corrected chi connectivity index (χ4v) is 2.36. The normalized spacial score (nSPS) is 13.0. The molecule has 0 aliphatic carbocycles. The maximum Gasteiger partial charge on any atom is 0.407 e. The Morgan fingerprint density at radius 2 is 1.67 bits per heavy atom. The van der Waals surface area contributed by atoms with Gasteiger partial charge in [0.25, 0.3) is 0 Å². The van der Waals surface area contributed by atoms with Gasteiger partial charge in [0.1, 0.15) is 12.2 Å². The maximum absolute atomic E-state index is 12.1. The van der Waals surface area contributed by atoms with E-state index in [-0.39, 0.29) is 18.6 Å². The Kier molecular flexibility index (Phi) is 7.88. The molecule has 0 heterocycles. The van der Waals surface area contributed by atoms with E-state index in [0.717, 1.165) is 6.42 Å². The summed E-state index contributed by atoms with van der Waals surface area (Å²) in [7, 11) is 0. The number of alkyl carbamates (subject to hydrolysis) is 1. The number of esters is 1. The highest BCUT2D eigenvalue weighted by Gasteiger charge is 2.25. The molecule has 1 unspecified atom stereocenters. The van der Waals surface area contributed by atoms with E-state index in [9.17, 15) is 9.59 Å². The summed E-state index contributed by atoms with van der Waals surface area (Å²) < 4.78 is 10.8. The maximum atomic E-state index is 12.1. The molecule has 0 aromatic heterocycles. The molecule has 1 aromatic rings. The van der Waals surface area contributed by atoms with Gasteiger partial charge in [0.05, 0.1) is 11.5 Å². The lowest BCUT2D eigenvalue weighted by Gasteiger charge is -2.25. The number of amides is 1. The number of carbonyl (C=O) groups excluding carboxylic acids is 2. The van der Waals surface area contributed by atoms with Gasteiger partial charge in [-0.3, -0.25) is 4.79 Å². The Morgan fingerprint density at radius 3 is 2.19 bits per heavy atom. The Hall–Kier alpha value is -2.04. The first kappa shape index (κ1) is 23.0. The third-order valence-corrected chi connectivity index (χ3v) is 4.10. The second-order valence-electron chi connectivity index (χ2n) is 9.15. The third kappa shape index (κ3) is 8.94. The zero-order valence-electron chi connectivity index (χ0n) is 18.1. The zero-order chi connectivity index (χ0) is 20.8. The van der Waals surface area contributed by atoms with Gasteiger partial charge in [-0.25, -0.2) is 4.79 Å². The summed E-state index contributed by atoms with van der Waals surface area (Å²) in [6, 6.07) is 6.03. The zero-order valence-corrected chi connectivity index (χ0v) is 18.1. The lowest BCUT2D eigenvalue weighted by atomic mass is 9.97. The molecule has 1 N–H and O–H groups in total. The summed E-state index contributed by atoms with van der Waals surface area (Å²) in [5.41, 5.74) is 2.52. The fraction of sp³-hybridized carbons (Fsp3) is 0.636. The lowest BCUT2D eigenvalue weighted by molar-refractivity contribution is -0.153. The number of carbonyl (C=O) groups is 2. The van der Waals surface area contributed by atoms with Crippen LogP contribution >= 0.6 is 0 Å². The molecule has 0 bridgehead atoms. The Labute approximate surface area is 163 Å². The topological polar surface area (TPSA) is 64.6 Å². The van der Waals surface area contributed by atoms with Gasteiger partial charge in [0.15, 0.2) is 0 Å². The van der Waals surface area contributed by atoms with Crippen molar-refractivity contribution in [2.45, 2.75) is 79.9 Å². The predicted molar refractivity (Wildman–Crippen MR) is 108 cm³/mol. The van der Waals surface area contributed by atoms with Gasteiger partial charge in [0, 0.05) is 0 Å². The van der Waals surface area contributed by atoms with Crippen LogP contribution in [0.5, 0.6) is 0 Å². The number of benzene rings is 1. The Bertz CT molecular complexity index is 653. The molecule has 1 amide bonds. The van der Waals surface area contributed by atoms with Crippen molar-refractivity contribution >= 4 is 12.1 Å². The summed E-state index contributed by atoms with van der Waals surface area (Å²) in [5.74, 6) is -0.287. The minimum Gasteiger partial charge on any atom is -0.463 e. The number of hydrogen-bond acceptors (Lipinski definition) is 4. The molecular formula is C22H35NO4. The first-order valence-corrected chi connectivity index (χ1v) is 9.51. The number of hydrogen-bond donors (Lipinski definition) is 1. The molecule has 0 aliphatic rings. The average Bonchev–Trinajstić information content (AvgIpc) is 2.50. The van der Waals surface area contributed by atoms with Crippen molar-refractivity contribution in [3.63, 3.8) is 0 Å². The Balaban J connectivity index is 2.75. The molecule has 0 saturated heterocycles. The van der Waals surface area contributed by atoms with Gasteiger partial charge >= 0.3 is 12.1 Å². The summed E-state index contributed by atoms with van der Waals surface area (Å²) in [5, 5.41) is 2.84. The van der Waals surface area contributed by atoms with Crippen molar-refractivity contribution in [2.75, 3.05) is 6.61 Å². The molecule has 0 radical (unpaired) electrons. The van der Waals surface area contributed by atoms with Crippen molar-refractivity contribution in [3.8, 4) is 0 Å². The highest BCUT2D eigenvalue weighted by atomic mass is 16.6. The summed E-state index contributed by atoms with van der Waals surface area (Å²) in [4.78, 5) is 24.2. The average molecular weight is 378 g/mol. The van der Waals surface area contributed by atoms with Crippen LogP contribution in [0.3, 0.4) is 0 Å². The largest absolute Gasteiger partial charge is 0.463 e. The van der Waals surface area contributed by atoms with E-state index in [1.807, 2.05) is 20.8 Å². The van der Waals surface area contributed by atoms with E-state index >= 15 is 0 Å². The number of rotatable bonds is 6. The molecule has 152 valence electrons. The molecule has 5 heteroatoms. The molecule has 27 heavy (non-hydrogen) atoms. The van der Waals surface area contributed by atoms with Gasteiger partial charge in [0.2, 0.25) is 0 Å². The quantitative estimate of drug-likeness (QED) is 0.729. The highest BCUT2D eigenvalue weighted by molar-refractivity contribution is 5.75. The van der Waals surface area contributed by atoms with Crippen LogP contribution in [-0.2, 0) is 20.7 Å². The lowest BCUT2D eigenvalue weighted by Crippen LogP contribution is -2.42. The van der Waals surface area contributed by atoms with Gasteiger partial charge in [-0.2, -0.15) is 0 Å². The molecule has 0 spiro atoms. The summed E-state index contributed by atoms with van der Waals surface area (Å²) >= 11 is 0. The van der Waals surface area contributed by atoms with Crippen molar-refractivity contribution in [2.24, 2.45) is 5.41 Å². The first-order chi connectivity index (χ1) is 12.3. The smallest absolute Gasteiger partial charge is 0.407 e. The van der Waals surface area contributed by atoms with Crippen LogP contribution in [0.15, 0.2) is 18.2 Å². The van der Waals surface area contributed by atoms with Crippen LogP contribution in [0, 0.1) is 19.3 Å². The summed E-state index contributed by atoms with van der Waals surface area (Å²) in [6.07, 6.45) is 0.924. The number of nitrogens with one attached hydrogen (secondary N) is 1. The van der Waals surface area contributed by atoms with Gasteiger partial charge in [-0.15, -0.1) is 0 Å².